The first-order chi connectivity index (χ1) is 18.7. The van der Waals surface area contributed by atoms with Crippen LogP contribution in [0.15, 0.2) is 84.9 Å². The van der Waals surface area contributed by atoms with Crippen molar-refractivity contribution in [1.29, 1.82) is 0 Å². The highest BCUT2D eigenvalue weighted by atomic mass is 16.5. The second-order valence-electron chi connectivity index (χ2n) is 9.31. The lowest BCUT2D eigenvalue weighted by Gasteiger charge is -2.20. The molecule has 1 aliphatic heterocycles. The van der Waals surface area contributed by atoms with Gasteiger partial charge in [0.2, 0.25) is 0 Å². The molecule has 0 spiro atoms. The summed E-state index contributed by atoms with van der Waals surface area (Å²) in [5.41, 5.74) is 3.37. The third-order valence-corrected chi connectivity index (χ3v) is 6.74. The van der Waals surface area contributed by atoms with E-state index >= 15 is 0 Å². The van der Waals surface area contributed by atoms with E-state index in [2.05, 4.69) is 10.2 Å². The molecule has 0 aromatic heterocycles. The van der Waals surface area contributed by atoms with Gasteiger partial charge < -0.3 is 19.5 Å². The highest BCUT2D eigenvalue weighted by Crippen LogP contribution is 2.32. The zero-order chi connectivity index (χ0) is 26.2. The van der Waals surface area contributed by atoms with E-state index in [9.17, 15) is 4.79 Å². The number of amides is 1. The van der Waals surface area contributed by atoms with Crippen LogP contribution >= 0.6 is 0 Å². The molecular formula is C32H34N2O4. The first-order valence-electron chi connectivity index (χ1n) is 13.3. The van der Waals surface area contributed by atoms with Gasteiger partial charge in [-0.15, -0.1) is 0 Å². The Kier molecular flexibility index (Phi) is 8.53. The molecule has 196 valence electrons. The number of nitrogens with zero attached hydrogens (tertiary/aromatic N) is 1. The van der Waals surface area contributed by atoms with Crippen LogP contribution in [0.25, 0.3) is 21.9 Å². The zero-order valence-corrected chi connectivity index (χ0v) is 21.8. The van der Waals surface area contributed by atoms with Crippen LogP contribution in [0.3, 0.4) is 0 Å². The highest BCUT2D eigenvalue weighted by Gasteiger charge is 2.13. The van der Waals surface area contributed by atoms with E-state index in [0.717, 1.165) is 78.4 Å². The summed E-state index contributed by atoms with van der Waals surface area (Å²) in [4.78, 5) is 15.6. The van der Waals surface area contributed by atoms with Crippen LogP contribution in [0.4, 0.5) is 5.69 Å². The Bertz CT molecular complexity index is 1360. The maximum atomic E-state index is 13.3. The molecule has 0 aliphatic carbocycles. The second-order valence-corrected chi connectivity index (χ2v) is 9.31. The lowest BCUT2D eigenvalue weighted by atomic mass is 10.0. The SMILES string of the molecule is CCOc1ccc(-c2cccc(C(=O)Nc3ccc(OCCN4CCCOCC4)c4ccccc34)c2)cc1. The fourth-order valence-corrected chi connectivity index (χ4v) is 4.76. The molecule has 4 aromatic rings. The summed E-state index contributed by atoms with van der Waals surface area (Å²) in [6.07, 6.45) is 1.06. The molecule has 0 bridgehead atoms. The Morgan fingerprint density at radius 2 is 1.71 bits per heavy atom. The predicted octanol–water partition coefficient (Wildman–Crippen LogP) is 6.26. The van der Waals surface area contributed by atoms with Crippen LogP contribution < -0.4 is 14.8 Å². The van der Waals surface area contributed by atoms with Crippen molar-refractivity contribution in [2.45, 2.75) is 13.3 Å². The minimum atomic E-state index is -0.153. The standard InChI is InChI=1S/C32H34N2O4/c1-2-37-27-13-11-24(12-14-27)25-7-5-8-26(23-25)32(35)33-30-15-16-31(29-10-4-3-9-28(29)30)38-22-19-34-17-6-20-36-21-18-34/h3-5,7-16,23H,2,6,17-22H2,1H3,(H,33,35). The Morgan fingerprint density at radius 3 is 2.55 bits per heavy atom. The number of hydrogen-bond acceptors (Lipinski definition) is 5. The maximum Gasteiger partial charge on any atom is 0.255 e. The van der Waals surface area contributed by atoms with Crippen molar-refractivity contribution in [3.05, 3.63) is 90.5 Å². The van der Waals surface area contributed by atoms with Gasteiger partial charge >= 0.3 is 0 Å². The van der Waals surface area contributed by atoms with Gasteiger partial charge in [-0.25, -0.2) is 0 Å². The average molecular weight is 511 g/mol. The van der Waals surface area contributed by atoms with E-state index in [1.54, 1.807) is 0 Å². The molecule has 0 atom stereocenters. The summed E-state index contributed by atoms with van der Waals surface area (Å²) < 4.78 is 17.3. The van der Waals surface area contributed by atoms with Gasteiger partial charge in [-0.1, -0.05) is 48.5 Å². The lowest BCUT2D eigenvalue weighted by Crippen LogP contribution is -2.30. The number of benzene rings is 4. The molecule has 5 rings (SSSR count). The number of carbonyl (C=O) groups excluding carboxylic acids is 1. The first-order valence-corrected chi connectivity index (χ1v) is 13.3. The molecule has 1 heterocycles. The lowest BCUT2D eigenvalue weighted by molar-refractivity contribution is 0.102. The molecule has 1 N–H and O–H groups in total. The Morgan fingerprint density at radius 1 is 0.868 bits per heavy atom. The largest absolute Gasteiger partial charge is 0.494 e. The smallest absolute Gasteiger partial charge is 0.255 e. The molecule has 0 radical (unpaired) electrons. The van der Waals surface area contributed by atoms with Crippen LogP contribution in [0.5, 0.6) is 11.5 Å². The van der Waals surface area contributed by atoms with E-state index in [4.69, 9.17) is 14.2 Å². The molecule has 4 aromatic carbocycles. The summed E-state index contributed by atoms with van der Waals surface area (Å²) in [7, 11) is 0. The minimum absolute atomic E-state index is 0.153. The van der Waals surface area contributed by atoms with Gasteiger partial charge in [0, 0.05) is 48.3 Å². The zero-order valence-electron chi connectivity index (χ0n) is 21.8. The van der Waals surface area contributed by atoms with Gasteiger partial charge in [-0.05, 0) is 60.9 Å². The summed E-state index contributed by atoms with van der Waals surface area (Å²) in [5.74, 6) is 1.50. The maximum absolute atomic E-state index is 13.3. The van der Waals surface area contributed by atoms with Gasteiger partial charge in [0.05, 0.1) is 13.2 Å². The van der Waals surface area contributed by atoms with Crippen LogP contribution in [0.1, 0.15) is 23.7 Å². The van der Waals surface area contributed by atoms with E-state index in [1.165, 1.54) is 0 Å². The van der Waals surface area contributed by atoms with Gasteiger partial charge in [0.25, 0.3) is 5.91 Å². The highest BCUT2D eigenvalue weighted by molar-refractivity contribution is 6.10. The molecule has 6 nitrogen and oxygen atoms in total. The fraction of sp³-hybridized carbons (Fsp3) is 0.281. The summed E-state index contributed by atoms with van der Waals surface area (Å²) in [6, 6.07) is 27.5. The second kappa shape index (κ2) is 12.6. The average Bonchev–Trinajstić information content (AvgIpc) is 3.24. The molecule has 0 saturated carbocycles. The molecule has 1 amide bonds. The fourth-order valence-electron chi connectivity index (χ4n) is 4.76. The van der Waals surface area contributed by atoms with Crippen molar-refractivity contribution in [3.8, 4) is 22.6 Å². The van der Waals surface area contributed by atoms with Gasteiger partial charge in [-0.2, -0.15) is 0 Å². The van der Waals surface area contributed by atoms with E-state index in [1.807, 2.05) is 91.9 Å². The van der Waals surface area contributed by atoms with Crippen molar-refractivity contribution in [3.63, 3.8) is 0 Å². The number of fused-ring (bicyclic) bond motifs is 1. The van der Waals surface area contributed by atoms with Crippen molar-refractivity contribution in [2.24, 2.45) is 0 Å². The van der Waals surface area contributed by atoms with E-state index in [-0.39, 0.29) is 5.91 Å². The third-order valence-electron chi connectivity index (χ3n) is 6.74. The normalized spacial score (nSPS) is 14.1. The topological polar surface area (TPSA) is 60.0 Å². The molecule has 1 aliphatic rings. The van der Waals surface area contributed by atoms with Gasteiger partial charge in [0.1, 0.15) is 18.1 Å². The molecule has 1 fully saturated rings. The Labute approximate surface area is 224 Å². The number of carbonyl (C=O) groups is 1. The number of rotatable bonds is 9. The Balaban J connectivity index is 1.29. The molecule has 6 heteroatoms. The number of ether oxygens (including phenoxy) is 3. The van der Waals surface area contributed by atoms with Crippen LogP contribution in [-0.4, -0.2) is 56.9 Å². The van der Waals surface area contributed by atoms with Crippen molar-refractivity contribution >= 4 is 22.4 Å². The van der Waals surface area contributed by atoms with Crippen LogP contribution in [-0.2, 0) is 4.74 Å². The predicted molar refractivity (Wildman–Crippen MR) is 152 cm³/mol. The molecule has 1 saturated heterocycles. The van der Waals surface area contributed by atoms with Crippen molar-refractivity contribution in [2.75, 3.05) is 51.4 Å². The van der Waals surface area contributed by atoms with Gasteiger partial charge in [0.15, 0.2) is 0 Å². The van der Waals surface area contributed by atoms with Crippen LogP contribution in [0.2, 0.25) is 0 Å². The molecular weight excluding hydrogens is 476 g/mol. The first kappa shape index (κ1) is 25.8. The van der Waals surface area contributed by atoms with Crippen molar-refractivity contribution < 1.29 is 19.0 Å². The van der Waals surface area contributed by atoms with Crippen LogP contribution in [0, 0.1) is 0 Å². The quantitative estimate of drug-likeness (QED) is 0.288. The van der Waals surface area contributed by atoms with E-state index in [0.29, 0.717) is 18.8 Å². The summed E-state index contributed by atoms with van der Waals surface area (Å²) in [5, 5.41) is 5.04. The number of hydrogen-bond donors (Lipinski definition) is 1. The Hall–Kier alpha value is -3.87. The van der Waals surface area contributed by atoms with Gasteiger partial charge in [-0.3, -0.25) is 9.69 Å². The third kappa shape index (κ3) is 6.33. The monoisotopic (exact) mass is 510 g/mol. The number of anilines is 1. The summed E-state index contributed by atoms with van der Waals surface area (Å²) >= 11 is 0. The van der Waals surface area contributed by atoms with E-state index < -0.39 is 0 Å². The molecule has 0 unspecified atom stereocenters. The minimum Gasteiger partial charge on any atom is -0.494 e. The summed E-state index contributed by atoms with van der Waals surface area (Å²) in [6.45, 7) is 7.65. The van der Waals surface area contributed by atoms with Crippen molar-refractivity contribution in [1.82, 2.24) is 4.90 Å². The molecule has 38 heavy (non-hydrogen) atoms. The number of nitrogens with one attached hydrogen (secondary N) is 1.